The third-order valence-corrected chi connectivity index (χ3v) is 30.9. The van der Waals surface area contributed by atoms with Crippen molar-refractivity contribution in [3.05, 3.63) is 264 Å². The number of rotatable bonds is 16. The highest BCUT2D eigenvalue weighted by atomic mass is 127. The first-order valence-corrected chi connectivity index (χ1v) is 53.4. The van der Waals surface area contributed by atoms with Crippen molar-refractivity contribution in [2.45, 2.75) is 136 Å². The van der Waals surface area contributed by atoms with E-state index >= 15 is 0 Å². The molecular formula is C108H162BrClF3IN12O10S3. The number of alkyl halides is 3. The molecule has 0 saturated carbocycles. The predicted octanol–water partition coefficient (Wildman–Crippen LogP) is 9.31. The van der Waals surface area contributed by atoms with Gasteiger partial charge in [-0.05, 0) is 215 Å². The second kappa shape index (κ2) is 59.6. The summed E-state index contributed by atoms with van der Waals surface area (Å²) in [5.41, 5.74) is 11.2. The lowest BCUT2D eigenvalue weighted by atomic mass is 10.2. The van der Waals surface area contributed by atoms with Gasteiger partial charge in [-0.2, -0.15) is 13.2 Å². The molecule has 9 aromatic carbocycles. The molecule has 6 fully saturated rings. The van der Waals surface area contributed by atoms with Crippen molar-refractivity contribution in [2.24, 2.45) is 0 Å². The molecule has 0 aromatic heterocycles. The minimum atomic E-state index is -4.27. The lowest BCUT2D eigenvalue weighted by Crippen LogP contribution is -3.00. The van der Waals surface area contributed by atoms with E-state index in [1.807, 2.05) is 32.9 Å². The van der Waals surface area contributed by atoms with Gasteiger partial charge in [-0.15, -0.1) is 0 Å². The van der Waals surface area contributed by atoms with Gasteiger partial charge in [-0.3, -0.25) is 0 Å². The molecule has 0 aliphatic carbocycles. The van der Waals surface area contributed by atoms with E-state index in [1.165, 1.54) is 296 Å². The number of aromatic hydroxyl groups is 1. The number of hydrogen-bond donors (Lipinski definition) is 1. The van der Waals surface area contributed by atoms with Gasteiger partial charge >= 0.3 is 6.18 Å². The van der Waals surface area contributed by atoms with E-state index < -0.39 is 42.1 Å². The van der Waals surface area contributed by atoms with Gasteiger partial charge in [0.2, 0.25) is 0 Å². The number of phenols is 1. The fourth-order valence-corrected chi connectivity index (χ4v) is 19.5. The Labute approximate surface area is 868 Å². The average Bonchev–Trinajstić information content (AvgIpc) is 1.75. The quantitative estimate of drug-likeness (QED) is 0.0542. The van der Waals surface area contributed by atoms with Crippen molar-refractivity contribution in [2.75, 3.05) is 268 Å². The van der Waals surface area contributed by atoms with E-state index in [1.54, 1.807) is 60.7 Å². The van der Waals surface area contributed by atoms with Gasteiger partial charge < -0.3 is 128 Å². The van der Waals surface area contributed by atoms with Crippen LogP contribution in [0.4, 0.5) is 47.3 Å². The Morgan fingerprint density at radius 1 is 0.295 bits per heavy atom. The molecule has 0 spiro atoms. The van der Waals surface area contributed by atoms with Gasteiger partial charge in [0.15, 0.2) is 0 Å². The van der Waals surface area contributed by atoms with Gasteiger partial charge in [0.25, 0.3) is 0 Å². The van der Waals surface area contributed by atoms with Crippen molar-refractivity contribution < 1.29 is 137 Å². The maximum atomic E-state index is 12.5. The lowest BCUT2D eigenvalue weighted by Gasteiger charge is -2.35. The maximum absolute atomic E-state index is 12.5. The lowest BCUT2D eigenvalue weighted by molar-refractivity contribution is -0.922. The van der Waals surface area contributed by atoms with Gasteiger partial charge in [-0.25, -0.2) is 25.3 Å². The van der Waals surface area contributed by atoms with Crippen LogP contribution >= 0.6 is 0 Å². The average molecular weight is 2180 g/mol. The third-order valence-electron chi connectivity index (χ3n) is 28.3. The summed E-state index contributed by atoms with van der Waals surface area (Å²) < 4.78 is 138. The minimum Gasteiger partial charge on any atom is -1.00 e. The van der Waals surface area contributed by atoms with Crippen molar-refractivity contribution in [3.63, 3.8) is 0 Å². The second-order valence-corrected chi connectivity index (χ2v) is 42.8. The summed E-state index contributed by atoms with van der Waals surface area (Å²) in [5.74, 6) is 0.345. The summed E-state index contributed by atoms with van der Waals surface area (Å²) in [6.45, 7) is 61.5. The number of aryl methyl sites for hydroxylation is 4. The number of hydrogen-bond acceptors (Lipinski definition) is 16. The molecule has 139 heavy (non-hydrogen) atoms. The number of benzene rings is 9. The monoisotopic (exact) mass is 2180 g/mol. The SMILES string of the molecule is CC[N+]1(C)CCCN(c2ccc(O)cc2)CC1.CC[N+]1(CC)CCCN(c2ccccc2)CC1.CC[N+]1(CC)CCCN(c2ccccc2)CC1.CC[N+]1(CC)CCCN(c2ccccc2)CC1.C[N+]1(C)CCCN(c2ccc(C(F)(F)F)cc2)CC1.Cc1ccc(S(=O)(=O)[O-])cc1.Cc1ccc(S(=O)(=O)[O-])cc1.Cc1ccc(S(=O)(=O)[O-])cc1.Cc1cccc(N2CCC[N+](C)(C)CC2)c1.[Br-].[Cl-].[I-]. The Morgan fingerprint density at radius 3 is 0.820 bits per heavy atom. The molecule has 0 amide bonds. The molecule has 22 nitrogen and oxygen atoms in total. The molecule has 9 aromatic rings. The smallest absolute Gasteiger partial charge is 0.416 e. The van der Waals surface area contributed by atoms with Gasteiger partial charge in [-0.1, -0.05) is 120 Å². The molecule has 1 atom stereocenters. The maximum Gasteiger partial charge on any atom is 0.416 e. The molecule has 31 heteroatoms. The van der Waals surface area contributed by atoms with Crippen LogP contribution in [0.5, 0.6) is 5.75 Å². The molecule has 1 unspecified atom stereocenters. The second-order valence-electron chi connectivity index (χ2n) is 38.7. The Bertz CT molecular complexity index is 4950. The zero-order valence-corrected chi connectivity index (χ0v) is 92.6. The number of phenolic OH excluding ortho intramolecular Hbond substituents is 1. The molecule has 1 N–H and O–H groups in total. The van der Waals surface area contributed by atoms with Crippen molar-refractivity contribution in [1.82, 2.24) is 0 Å². The van der Waals surface area contributed by atoms with E-state index in [2.05, 4.69) is 235 Å². The van der Waals surface area contributed by atoms with Crippen LogP contribution in [-0.2, 0) is 36.5 Å². The van der Waals surface area contributed by atoms with Crippen LogP contribution in [-0.4, -0.2) is 309 Å². The van der Waals surface area contributed by atoms with Gasteiger partial charge in [0.05, 0.1) is 219 Å². The molecule has 0 bridgehead atoms. The fraction of sp³-hybridized carbons (Fsp3) is 0.500. The van der Waals surface area contributed by atoms with Crippen LogP contribution in [0.2, 0.25) is 0 Å². The summed E-state index contributed by atoms with van der Waals surface area (Å²) >= 11 is 0. The fourth-order valence-electron chi connectivity index (χ4n) is 18.1. The first-order valence-electron chi connectivity index (χ1n) is 49.1. The normalized spacial score (nSPS) is 18.3. The summed E-state index contributed by atoms with van der Waals surface area (Å²) in [6, 6.07) is 71.8. The standard InChI is InChI=1S/3C15H25N2.C14H20F3N2.C14H22N2O.C14H23N2.3C7H8O3S.BrH.ClH.HI/c3*1-3-17(4-2)13-8-11-16(12-14-17)15-9-6-5-7-10-15;1-19(2)10-3-8-18(9-11-19)13-6-4-12(5-7-13)14(15,16)17;1-3-16(2)11-4-9-15(10-12-16)13-5-7-14(17)8-6-13;1-13-6-4-7-14(12-13)15-8-5-10-16(2,3)11-9-15;3*1-6-2-4-7(5-3-6)11(8,9)10;;;/h3*5-7,9-10H,3-4,8,11-14H2,1-2H3;4-7H,3,8-11H2,1-2H3;5-8H,3-4,9-12H2,1-2H3;4,6-7,12H,5,8-11H2,1-3H3;3*2-5H,1H3,(H,8,9,10);3*1H/q4*+1;;+1;;;;;;/p-5. The van der Waals surface area contributed by atoms with Crippen LogP contribution in [0.15, 0.2) is 251 Å². The van der Waals surface area contributed by atoms with E-state index in [9.17, 15) is 57.2 Å². The van der Waals surface area contributed by atoms with Crippen LogP contribution in [0.3, 0.4) is 0 Å². The zero-order chi connectivity index (χ0) is 99.9. The molecule has 6 aliphatic rings. The van der Waals surface area contributed by atoms with Crippen LogP contribution in [0, 0.1) is 27.7 Å². The van der Waals surface area contributed by atoms with Crippen LogP contribution in [0.1, 0.15) is 115 Å². The Kier molecular flexibility index (Phi) is 53.0. The molecule has 15 rings (SSSR count). The molecule has 0 radical (unpaired) electrons. The summed E-state index contributed by atoms with van der Waals surface area (Å²) in [5, 5.41) is 9.31. The van der Waals surface area contributed by atoms with E-state index in [-0.39, 0.29) is 68.1 Å². The number of para-hydroxylation sites is 3. The van der Waals surface area contributed by atoms with Gasteiger partial charge in [0.1, 0.15) is 36.1 Å². The summed E-state index contributed by atoms with van der Waals surface area (Å²) in [6.07, 6.45) is 3.29. The molecule has 6 aliphatic heterocycles. The number of nitrogens with zero attached hydrogens (tertiary/aromatic N) is 12. The molecule has 6 saturated heterocycles. The highest BCUT2D eigenvalue weighted by Crippen LogP contribution is 2.32. The number of halogens is 6. The van der Waals surface area contributed by atoms with Crippen LogP contribution < -0.4 is 82.8 Å². The predicted molar refractivity (Wildman–Crippen MR) is 552 cm³/mol. The highest BCUT2D eigenvalue weighted by Gasteiger charge is 2.34. The van der Waals surface area contributed by atoms with E-state index in [4.69, 9.17) is 0 Å². The van der Waals surface area contributed by atoms with Crippen molar-refractivity contribution in [1.29, 1.82) is 0 Å². The van der Waals surface area contributed by atoms with E-state index in [0.717, 1.165) is 77.0 Å². The minimum absolute atomic E-state index is 0. The Morgan fingerprint density at radius 2 is 0.547 bits per heavy atom. The third kappa shape index (κ3) is 43.1. The first kappa shape index (κ1) is 124. The first-order chi connectivity index (χ1) is 64.4. The topological polar surface area (TPSA) is 211 Å². The highest BCUT2D eigenvalue weighted by molar-refractivity contribution is 7.86. The van der Waals surface area contributed by atoms with Crippen molar-refractivity contribution in [3.8, 4) is 5.75 Å². The number of quaternary nitrogens is 6. The zero-order valence-electron chi connectivity index (χ0n) is 85.7. The summed E-state index contributed by atoms with van der Waals surface area (Å²) in [7, 11) is -1.41. The van der Waals surface area contributed by atoms with Crippen molar-refractivity contribution >= 4 is 64.5 Å². The Balaban J connectivity index is 0.000000327. The number of likely N-dealkylation sites (N-methyl/N-ethyl adjacent to an activating group) is 6. The summed E-state index contributed by atoms with van der Waals surface area (Å²) in [4.78, 5) is 14.2. The Hall–Kier alpha value is -7.64. The van der Waals surface area contributed by atoms with E-state index in [0.29, 0.717) is 5.75 Å². The number of anilines is 6. The molecular weight excluding hydrogens is 2020 g/mol. The molecule has 6 heterocycles. The largest absolute Gasteiger partial charge is 1.00 e. The molecule has 774 valence electrons. The van der Waals surface area contributed by atoms with Crippen LogP contribution in [0.25, 0.3) is 0 Å². The van der Waals surface area contributed by atoms with Gasteiger partial charge in [0, 0.05) is 112 Å².